The van der Waals surface area contributed by atoms with Crippen LogP contribution >= 0.6 is 37.9 Å². The Hall–Kier alpha value is 0.259. The predicted molar refractivity (Wildman–Crippen MR) is 224 cm³/mol. The molecule has 0 aromatic rings. The van der Waals surface area contributed by atoms with Gasteiger partial charge in [0.2, 0.25) is 0 Å². The van der Waals surface area contributed by atoms with Gasteiger partial charge in [0.25, 0.3) is 0 Å². The minimum absolute atomic E-state index is 0.314. The fourth-order valence-corrected chi connectivity index (χ4v) is 14.9. The fourth-order valence-electron chi connectivity index (χ4n) is 6.44. The number of hydrogen-bond donors (Lipinski definition) is 3. The summed E-state index contributed by atoms with van der Waals surface area (Å²) in [6.07, 6.45) is 25.6. The van der Waals surface area contributed by atoms with E-state index in [4.69, 9.17) is 9.22 Å². The van der Waals surface area contributed by atoms with Crippen LogP contribution in [0.1, 0.15) is 195 Å². The van der Waals surface area contributed by atoms with E-state index in [2.05, 4.69) is 65.6 Å². The molecule has 0 aliphatic rings. The van der Waals surface area contributed by atoms with E-state index < -0.39 is 19.6 Å². The van der Waals surface area contributed by atoms with Crippen molar-refractivity contribution < 1.29 is 23.6 Å². The summed E-state index contributed by atoms with van der Waals surface area (Å²) in [6, 6.07) is 0. The summed E-state index contributed by atoms with van der Waals surface area (Å²) >= 11 is 8.28. The van der Waals surface area contributed by atoms with E-state index in [1.807, 2.05) is 0 Å². The number of hydrogen-bond acceptors (Lipinski definition) is 9. The molecule has 0 fully saturated rings. The first-order valence-corrected chi connectivity index (χ1v) is 28.2. The fraction of sp³-hybridized carbons (Fsp3) is 0.925. The quantitative estimate of drug-likeness (QED) is 0.0331. The molecule has 0 bridgehead atoms. The molecule has 3 unspecified atom stereocenters. The molecular formula is C40H78O6S3Sn. The Kier molecular flexibility index (Phi) is 35.2. The van der Waals surface area contributed by atoms with Crippen molar-refractivity contribution in [2.24, 2.45) is 17.8 Å². The Labute approximate surface area is 331 Å². The Morgan fingerprint density at radius 2 is 0.660 bits per heavy atom. The van der Waals surface area contributed by atoms with Crippen LogP contribution in [0.3, 0.4) is 0 Å². The van der Waals surface area contributed by atoms with E-state index in [0.717, 1.165) is 64.2 Å². The van der Waals surface area contributed by atoms with Crippen molar-refractivity contribution in [3.63, 3.8) is 0 Å². The van der Waals surface area contributed by atoms with Crippen molar-refractivity contribution in [2.75, 3.05) is 17.3 Å². The van der Waals surface area contributed by atoms with Crippen LogP contribution in [0.25, 0.3) is 0 Å². The van der Waals surface area contributed by atoms with Gasteiger partial charge in [-0.15, -0.1) is 0 Å². The van der Waals surface area contributed by atoms with Crippen molar-refractivity contribution in [3.05, 3.63) is 0 Å². The molecule has 6 nitrogen and oxygen atoms in total. The van der Waals surface area contributed by atoms with E-state index in [1.54, 1.807) is 0 Å². The van der Waals surface area contributed by atoms with E-state index >= 15 is 0 Å². The van der Waals surface area contributed by atoms with Gasteiger partial charge >= 0.3 is 333 Å². The summed E-state index contributed by atoms with van der Waals surface area (Å²) in [7, 11) is 0. The van der Waals surface area contributed by atoms with Crippen molar-refractivity contribution in [1.29, 1.82) is 0 Å². The molecule has 10 heteroatoms. The van der Waals surface area contributed by atoms with Gasteiger partial charge in [0.15, 0.2) is 0 Å². The van der Waals surface area contributed by atoms with Gasteiger partial charge in [0, 0.05) is 0 Å². The van der Waals surface area contributed by atoms with Crippen LogP contribution in [0.15, 0.2) is 0 Å². The zero-order valence-corrected chi connectivity index (χ0v) is 38.3. The van der Waals surface area contributed by atoms with Gasteiger partial charge in [-0.3, -0.25) is 0 Å². The number of unbranched alkanes of at least 4 members (excludes halogenated alkanes) is 16. The van der Waals surface area contributed by atoms with Crippen LogP contribution in [0.2, 0.25) is 4.44 Å². The topological polar surface area (TPSA) is 78.9 Å². The maximum absolute atomic E-state index is 14.0. The molecule has 50 heavy (non-hydrogen) atoms. The number of carbonyl (C=O) groups excluding carboxylic acids is 3. The first-order chi connectivity index (χ1) is 24.3. The van der Waals surface area contributed by atoms with Gasteiger partial charge in [0.05, 0.1) is 0 Å². The average molecular weight is 870 g/mol. The summed E-state index contributed by atoms with van der Waals surface area (Å²) in [6.45, 7) is 8.67. The van der Waals surface area contributed by atoms with Crippen LogP contribution in [0.4, 0.5) is 0 Å². The molecule has 296 valence electrons. The van der Waals surface area contributed by atoms with Crippen LogP contribution < -0.4 is 0 Å². The van der Waals surface area contributed by atoms with E-state index in [1.165, 1.54) is 57.8 Å². The molecule has 0 radical (unpaired) electrons. The second-order valence-corrected chi connectivity index (χ2v) is 22.8. The summed E-state index contributed by atoms with van der Waals surface area (Å²) in [5, 5.41) is 0. The zero-order valence-electron chi connectivity index (χ0n) is 32.7. The molecule has 0 aromatic heterocycles. The van der Waals surface area contributed by atoms with E-state index in [0.29, 0.717) is 66.6 Å². The number of rotatable bonds is 36. The minimum atomic E-state index is -5.13. The predicted octanol–water partition coefficient (Wildman–Crippen LogP) is 12.4. The first kappa shape index (κ1) is 50.3. The SMILES string of the molecule is CCCCCCCCC(CCS)C(=O)[O][Sn]([CH2]CCC)([O]C(=O)C(CCS)CCCCCCCC)[O]C(=O)C(CCS)CCCCCCCC. The Morgan fingerprint density at radius 1 is 0.400 bits per heavy atom. The first-order valence-electron chi connectivity index (χ1n) is 20.8. The normalized spacial score (nSPS) is 14.5. The van der Waals surface area contributed by atoms with Gasteiger partial charge < -0.3 is 0 Å². The zero-order chi connectivity index (χ0) is 37.3. The third-order valence-electron chi connectivity index (χ3n) is 9.76. The molecule has 0 saturated carbocycles. The van der Waals surface area contributed by atoms with Gasteiger partial charge in [0.1, 0.15) is 0 Å². The standard InChI is InChI=1S/3C12H24O2S.C4H9.Sn/c3*1-2-3-4-5-6-7-8-11(9-10-15)12(13)14;1-3-4-2;/h3*11,15H,2-10H2,1H3,(H,13,14);1,3-4H2,2H3;/q;;;;+3/p-3. The Morgan fingerprint density at radius 3 is 0.920 bits per heavy atom. The molecule has 0 aliphatic carbocycles. The summed E-state index contributed by atoms with van der Waals surface area (Å²) < 4.78 is 19.5. The van der Waals surface area contributed by atoms with Crippen LogP contribution in [-0.2, 0) is 23.6 Å². The average Bonchev–Trinajstić information content (AvgIpc) is 3.10. The van der Waals surface area contributed by atoms with Crippen LogP contribution in [0, 0.1) is 17.8 Å². The number of thiol groups is 3. The van der Waals surface area contributed by atoms with Crippen LogP contribution in [0.5, 0.6) is 0 Å². The third-order valence-corrected chi connectivity index (χ3v) is 17.7. The Bertz CT molecular complexity index is 735. The van der Waals surface area contributed by atoms with E-state index in [9.17, 15) is 14.4 Å². The molecule has 0 N–H and O–H groups in total. The van der Waals surface area contributed by atoms with Gasteiger partial charge in [-0.05, 0) is 0 Å². The molecule has 0 amide bonds. The second kappa shape index (κ2) is 35.0. The van der Waals surface area contributed by atoms with Crippen molar-refractivity contribution in [1.82, 2.24) is 0 Å². The molecule has 0 saturated heterocycles. The summed E-state index contributed by atoms with van der Waals surface area (Å²) in [4.78, 5) is 42.0. The molecule has 0 heterocycles. The summed E-state index contributed by atoms with van der Waals surface area (Å²) in [5.74, 6) is -0.578. The number of carbonyl (C=O) groups is 3. The maximum atomic E-state index is 14.0. The molecule has 0 aromatic carbocycles. The molecule has 0 spiro atoms. The van der Waals surface area contributed by atoms with E-state index in [-0.39, 0.29) is 35.7 Å². The van der Waals surface area contributed by atoms with Crippen molar-refractivity contribution in [3.8, 4) is 0 Å². The third kappa shape index (κ3) is 25.3. The summed E-state index contributed by atoms with van der Waals surface area (Å²) in [5.41, 5.74) is 0. The second-order valence-electron chi connectivity index (χ2n) is 14.3. The van der Waals surface area contributed by atoms with Crippen molar-refractivity contribution >= 4 is 75.4 Å². The van der Waals surface area contributed by atoms with Gasteiger partial charge in [-0.25, -0.2) is 0 Å². The molecule has 0 aliphatic heterocycles. The molecule has 3 atom stereocenters. The van der Waals surface area contributed by atoms with Gasteiger partial charge in [-0.1, -0.05) is 0 Å². The monoisotopic (exact) mass is 870 g/mol. The molecular weight excluding hydrogens is 791 g/mol. The Balaban J connectivity index is 6.22. The van der Waals surface area contributed by atoms with Gasteiger partial charge in [-0.2, -0.15) is 0 Å². The molecule has 0 rings (SSSR count). The van der Waals surface area contributed by atoms with Crippen LogP contribution in [-0.4, -0.2) is 54.8 Å². The van der Waals surface area contributed by atoms with Crippen molar-refractivity contribution in [2.45, 2.75) is 199 Å².